The summed E-state index contributed by atoms with van der Waals surface area (Å²) in [6.45, 7) is 4.14. The van der Waals surface area contributed by atoms with Crippen molar-refractivity contribution in [2.75, 3.05) is 6.61 Å². The van der Waals surface area contributed by atoms with E-state index in [4.69, 9.17) is 5.11 Å². The first-order valence-corrected chi connectivity index (χ1v) is 8.00. The Morgan fingerprint density at radius 2 is 2.21 bits per heavy atom. The van der Waals surface area contributed by atoms with E-state index in [0.717, 1.165) is 24.8 Å². The summed E-state index contributed by atoms with van der Waals surface area (Å²) in [5, 5.41) is 14.2. The van der Waals surface area contributed by atoms with Gasteiger partial charge < -0.3 is 10.4 Å². The first-order chi connectivity index (χ1) is 9.09. The van der Waals surface area contributed by atoms with E-state index in [1.165, 1.54) is 23.3 Å². The standard InChI is InChI=1S/C15H23NO2S/c1-3-15(2,8-9-17)16-14(18)12-10-19-13-7-5-4-6-11(12)13/h10,17H,3-9H2,1-2H3,(H,16,18). The summed E-state index contributed by atoms with van der Waals surface area (Å²) >= 11 is 1.72. The second-order valence-corrected chi connectivity index (χ2v) is 6.56. The maximum atomic E-state index is 12.4. The minimum atomic E-state index is -0.310. The molecule has 1 unspecified atom stereocenters. The lowest BCUT2D eigenvalue weighted by molar-refractivity contribution is 0.0885. The molecule has 0 saturated carbocycles. The Hall–Kier alpha value is -0.870. The highest BCUT2D eigenvalue weighted by molar-refractivity contribution is 7.10. The topological polar surface area (TPSA) is 49.3 Å². The maximum Gasteiger partial charge on any atom is 0.252 e. The predicted octanol–water partition coefficient (Wildman–Crippen LogP) is 2.91. The van der Waals surface area contributed by atoms with Crippen LogP contribution in [0.3, 0.4) is 0 Å². The normalized spacial score (nSPS) is 17.6. The van der Waals surface area contributed by atoms with E-state index < -0.39 is 0 Å². The second kappa shape index (κ2) is 6.06. The molecule has 1 aliphatic carbocycles. The third kappa shape index (κ3) is 3.18. The van der Waals surface area contributed by atoms with Gasteiger partial charge in [-0.1, -0.05) is 6.92 Å². The van der Waals surface area contributed by atoms with Crippen LogP contribution < -0.4 is 5.32 Å². The van der Waals surface area contributed by atoms with E-state index in [9.17, 15) is 4.79 Å². The van der Waals surface area contributed by atoms with Crippen LogP contribution in [0.5, 0.6) is 0 Å². The van der Waals surface area contributed by atoms with Crippen molar-refractivity contribution >= 4 is 17.2 Å². The van der Waals surface area contributed by atoms with Crippen LogP contribution in [0.2, 0.25) is 0 Å². The predicted molar refractivity (Wildman–Crippen MR) is 78.8 cm³/mol. The lowest BCUT2D eigenvalue weighted by atomic mass is 9.92. The maximum absolute atomic E-state index is 12.4. The molecule has 2 rings (SSSR count). The van der Waals surface area contributed by atoms with Gasteiger partial charge >= 0.3 is 0 Å². The number of hydrogen-bond donors (Lipinski definition) is 2. The highest BCUT2D eigenvalue weighted by Crippen LogP contribution is 2.30. The van der Waals surface area contributed by atoms with Gasteiger partial charge in [0.15, 0.2) is 0 Å². The molecular weight excluding hydrogens is 258 g/mol. The van der Waals surface area contributed by atoms with Crippen molar-refractivity contribution in [3.63, 3.8) is 0 Å². The Morgan fingerprint density at radius 1 is 1.47 bits per heavy atom. The van der Waals surface area contributed by atoms with Crippen LogP contribution in [0.4, 0.5) is 0 Å². The van der Waals surface area contributed by atoms with Crippen molar-refractivity contribution in [2.24, 2.45) is 0 Å². The Balaban J connectivity index is 2.13. The van der Waals surface area contributed by atoms with Gasteiger partial charge in [0.2, 0.25) is 0 Å². The number of carbonyl (C=O) groups is 1. The number of fused-ring (bicyclic) bond motifs is 1. The van der Waals surface area contributed by atoms with Gasteiger partial charge in [0, 0.05) is 22.4 Å². The number of thiophene rings is 1. The largest absolute Gasteiger partial charge is 0.396 e. The number of aryl methyl sites for hydroxylation is 1. The fourth-order valence-corrected chi connectivity index (χ4v) is 3.73. The summed E-state index contributed by atoms with van der Waals surface area (Å²) in [7, 11) is 0. The van der Waals surface area contributed by atoms with Gasteiger partial charge in [0.25, 0.3) is 5.91 Å². The SMILES string of the molecule is CCC(C)(CCO)NC(=O)c1csc2c1CCCC2. The van der Waals surface area contributed by atoms with Crippen LogP contribution in [0.25, 0.3) is 0 Å². The molecule has 1 aromatic heterocycles. The molecule has 1 amide bonds. The highest BCUT2D eigenvalue weighted by atomic mass is 32.1. The lowest BCUT2D eigenvalue weighted by Gasteiger charge is -2.29. The summed E-state index contributed by atoms with van der Waals surface area (Å²) in [6.07, 6.45) is 6.00. The molecule has 0 bridgehead atoms. The highest BCUT2D eigenvalue weighted by Gasteiger charge is 2.27. The van der Waals surface area contributed by atoms with E-state index >= 15 is 0 Å². The molecule has 1 atom stereocenters. The first-order valence-electron chi connectivity index (χ1n) is 7.12. The van der Waals surface area contributed by atoms with Crippen molar-refractivity contribution < 1.29 is 9.90 Å². The molecular formula is C15H23NO2S. The van der Waals surface area contributed by atoms with Crippen LogP contribution in [0, 0.1) is 0 Å². The van der Waals surface area contributed by atoms with Crippen molar-refractivity contribution in [3.05, 3.63) is 21.4 Å². The Labute approximate surface area is 119 Å². The Bertz CT molecular complexity index is 455. The van der Waals surface area contributed by atoms with Gasteiger partial charge in [0.05, 0.1) is 5.56 Å². The van der Waals surface area contributed by atoms with Gasteiger partial charge in [-0.2, -0.15) is 0 Å². The quantitative estimate of drug-likeness (QED) is 0.872. The van der Waals surface area contributed by atoms with E-state index in [1.807, 2.05) is 19.2 Å². The van der Waals surface area contributed by atoms with Crippen LogP contribution in [-0.2, 0) is 12.8 Å². The van der Waals surface area contributed by atoms with Gasteiger partial charge in [-0.05, 0) is 51.0 Å². The number of aliphatic hydroxyl groups excluding tert-OH is 1. The van der Waals surface area contributed by atoms with Crippen LogP contribution >= 0.6 is 11.3 Å². The molecule has 1 aromatic rings. The van der Waals surface area contributed by atoms with E-state index in [2.05, 4.69) is 5.32 Å². The number of nitrogens with one attached hydrogen (secondary N) is 1. The van der Waals surface area contributed by atoms with Gasteiger partial charge in [-0.15, -0.1) is 11.3 Å². The molecule has 0 aliphatic heterocycles. The number of carbonyl (C=O) groups excluding carboxylic acids is 1. The molecule has 19 heavy (non-hydrogen) atoms. The fraction of sp³-hybridized carbons (Fsp3) is 0.667. The molecule has 2 N–H and O–H groups in total. The van der Waals surface area contributed by atoms with Crippen LogP contribution in [-0.4, -0.2) is 23.2 Å². The smallest absolute Gasteiger partial charge is 0.252 e. The molecule has 0 aromatic carbocycles. The molecule has 1 heterocycles. The van der Waals surface area contributed by atoms with Gasteiger partial charge in [-0.3, -0.25) is 4.79 Å². The zero-order valence-corrected chi connectivity index (χ0v) is 12.6. The van der Waals surface area contributed by atoms with E-state index in [0.29, 0.717) is 6.42 Å². The van der Waals surface area contributed by atoms with Crippen LogP contribution in [0.1, 0.15) is 60.3 Å². The summed E-state index contributed by atoms with van der Waals surface area (Å²) in [5.74, 6) is 0.0252. The van der Waals surface area contributed by atoms with Crippen molar-refractivity contribution in [1.29, 1.82) is 0 Å². The van der Waals surface area contributed by atoms with Crippen molar-refractivity contribution in [2.45, 2.75) is 57.9 Å². The van der Waals surface area contributed by atoms with Gasteiger partial charge in [-0.25, -0.2) is 0 Å². The molecule has 0 saturated heterocycles. The van der Waals surface area contributed by atoms with Crippen molar-refractivity contribution in [1.82, 2.24) is 5.32 Å². The number of aliphatic hydroxyl groups is 1. The minimum absolute atomic E-state index is 0.0252. The molecule has 3 nitrogen and oxygen atoms in total. The number of hydrogen-bond acceptors (Lipinski definition) is 3. The minimum Gasteiger partial charge on any atom is -0.396 e. The second-order valence-electron chi connectivity index (χ2n) is 5.60. The zero-order valence-electron chi connectivity index (χ0n) is 11.8. The molecule has 0 radical (unpaired) electrons. The van der Waals surface area contributed by atoms with Crippen LogP contribution in [0.15, 0.2) is 5.38 Å². The summed E-state index contributed by atoms with van der Waals surface area (Å²) in [5.41, 5.74) is 1.81. The zero-order chi connectivity index (χ0) is 13.9. The summed E-state index contributed by atoms with van der Waals surface area (Å²) < 4.78 is 0. The number of amides is 1. The fourth-order valence-electron chi connectivity index (χ4n) is 2.60. The molecule has 1 aliphatic rings. The average Bonchev–Trinajstić information content (AvgIpc) is 2.83. The lowest BCUT2D eigenvalue weighted by Crippen LogP contribution is -2.46. The monoisotopic (exact) mass is 281 g/mol. The summed E-state index contributed by atoms with van der Waals surface area (Å²) in [4.78, 5) is 13.8. The Kier molecular flexibility index (Phi) is 4.63. The molecule has 0 fully saturated rings. The first kappa shape index (κ1) is 14.5. The third-order valence-corrected chi connectivity index (χ3v) is 5.25. The van der Waals surface area contributed by atoms with E-state index in [1.54, 1.807) is 11.3 Å². The van der Waals surface area contributed by atoms with E-state index in [-0.39, 0.29) is 18.1 Å². The molecule has 4 heteroatoms. The van der Waals surface area contributed by atoms with Gasteiger partial charge in [0.1, 0.15) is 0 Å². The molecule has 0 spiro atoms. The number of rotatable bonds is 5. The van der Waals surface area contributed by atoms with Crippen molar-refractivity contribution in [3.8, 4) is 0 Å². The third-order valence-electron chi connectivity index (χ3n) is 4.17. The summed E-state index contributed by atoms with van der Waals surface area (Å²) in [6, 6.07) is 0. The Morgan fingerprint density at radius 3 is 2.89 bits per heavy atom. The molecule has 106 valence electrons. The average molecular weight is 281 g/mol.